The highest BCUT2D eigenvalue weighted by Crippen LogP contribution is 2.01. The molecule has 18 heavy (non-hydrogen) atoms. The third-order valence-electron chi connectivity index (χ3n) is 2.30. The maximum Gasteiger partial charge on any atom is 0.271 e. The number of rotatable bonds is 8. The van der Waals surface area contributed by atoms with Crippen molar-refractivity contribution in [3.63, 3.8) is 0 Å². The highest BCUT2D eigenvalue weighted by Gasteiger charge is 2.06. The van der Waals surface area contributed by atoms with Crippen molar-refractivity contribution < 1.29 is 4.79 Å². The molecule has 0 saturated carbocycles. The Morgan fingerprint density at radius 1 is 1.33 bits per heavy atom. The highest BCUT2D eigenvalue weighted by molar-refractivity contribution is 7.98. The normalized spacial score (nSPS) is 10.1. The largest absolute Gasteiger partial charge is 0.369 e. The van der Waals surface area contributed by atoms with E-state index in [1.54, 1.807) is 6.20 Å². The molecule has 5 nitrogen and oxygen atoms in total. The molecule has 0 aliphatic heterocycles. The minimum absolute atomic E-state index is 0.158. The maximum absolute atomic E-state index is 11.7. The van der Waals surface area contributed by atoms with E-state index in [2.05, 4.69) is 26.9 Å². The Bertz CT molecular complexity index is 356. The minimum atomic E-state index is -0.158. The Hall–Kier alpha value is -1.30. The third kappa shape index (κ3) is 5.35. The van der Waals surface area contributed by atoms with Crippen molar-refractivity contribution in [1.29, 1.82) is 0 Å². The number of hydrogen-bond acceptors (Lipinski definition) is 5. The number of hydrogen-bond donors (Lipinski definition) is 2. The Morgan fingerprint density at radius 2 is 2.17 bits per heavy atom. The fraction of sp³-hybridized carbons (Fsp3) is 0.583. The minimum Gasteiger partial charge on any atom is -0.369 e. The van der Waals surface area contributed by atoms with Crippen LogP contribution in [0.1, 0.15) is 30.3 Å². The molecule has 0 unspecified atom stereocenters. The predicted octanol–water partition coefficient (Wildman–Crippen LogP) is 1.78. The quantitative estimate of drug-likeness (QED) is 0.704. The number of carbonyl (C=O) groups excluding carboxylic acids is 1. The van der Waals surface area contributed by atoms with Crippen LogP contribution in [0.25, 0.3) is 0 Å². The zero-order valence-electron chi connectivity index (χ0n) is 10.9. The van der Waals surface area contributed by atoms with E-state index in [9.17, 15) is 4.79 Å². The molecule has 0 radical (unpaired) electrons. The van der Waals surface area contributed by atoms with E-state index in [0.29, 0.717) is 18.1 Å². The summed E-state index contributed by atoms with van der Waals surface area (Å²) in [6.45, 7) is 3.46. The van der Waals surface area contributed by atoms with Crippen molar-refractivity contribution in [2.24, 2.45) is 0 Å². The van der Waals surface area contributed by atoms with Gasteiger partial charge < -0.3 is 10.6 Å². The van der Waals surface area contributed by atoms with E-state index >= 15 is 0 Å². The summed E-state index contributed by atoms with van der Waals surface area (Å²) in [6, 6.07) is 0. The van der Waals surface area contributed by atoms with E-state index in [1.165, 1.54) is 6.20 Å². The van der Waals surface area contributed by atoms with Crippen molar-refractivity contribution in [2.75, 3.05) is 30.4 Å². The summed E-state index contributed by atoms with van der Waals surface area (Å²) in [6.07, 6.45) is 7.27. The van der Waals surface area contributed by atoms with Gasteiger partial charge in [0.25, 0.3) is 5.91 Å². The smallest absolute Gasteiger partial charge is 0.271 e. The summed E-state index contributed by atoms with van der Waals surface area (Å²) in [7, 11) is 0. The molecule has 0 spiro atoms. The van der Waals surface area contributed by atoms with Gasteiger partial charge in [0.1, 0.15) is 11.5 Å². The Kier molecular flexibility index (Phi) is 7.17. The summed E-state index contributed by atoms with van der Waals surface area (Å²) in [4.78, 5) is 19.9. The Balaban J connectivity index is 2.32. The molecule has 2 N–H and O–H groups in total. The second-order valence-electron chi connectivity index (χ2n) is 3.77. The van der Waals surface area contributed by atoms with Crippen LogP contribution in [0.2, 0.25) is 0 Å². The van der Waals surface area contributed by atoms with Gasteiger partial charge >= 0.3 is 0 Å². The first-order valence-electron chi connectivity index (χ1n) is 6.11. The molecular weight excluding hydrogens is 248 g/mol. The Labute approximate surface area is 112 Å². The molecular formula is C12H20N4OS. The van der Waals surface area contributed by atoms with Gasteiger partial charge in [-0.2, -0.15) is 11.8 Å². The van der Waals surface area contributed by atoms with E-state index in [-0.39, 0.29) is 5.91 Å². The summed E-state index contributed by atoms with van der Waals surface area (Å²) in [5.41, 5.74) is 0.363. The van der Waals surface area contributed by atoms with Gasteiger partial charge in [-0.25, -0.2) is 9.97 Å². The molecule has 0 bridgehead atoms. The van der Waals surface area contributed by atoms with Crippen LogP contribution in [-0.2, 0) is 0 Å². The number of unbranched alkanes of at least 4 members (excludes halogenated alkanes) is 1. The summed E-state index contributed by atoms with van der Waals surface area (Å²) in [5, 5.41) is 5.87. The van der Waals surface area contributed by atoms with Crippen molar-refractivity contribution in [3.8, 4) is 0 Å². The lowest BCUT2D eigenvalue weighted by atomic mass is 10.3. The fourth-order valence-electron chi connectivity index (χ4n) is 1.38. The van der Waals surface area contributed by atoms with E-state index in [4.69, 9.17) is 0 Å². The number of nitrogens with one attached hydrogen (secondary N) is 2. The van der Waals surface area contributed by atoms with Gasteiger partial charge in [-0.05, 0) is 31.8 Å². The lowest BCUT2D eigenvalue weighted by molar-refractivity contribution is 0.0948. The predicted molar refractivity (Wildman–Crippen MR) is 76.1 cm³/mol. The first kappa shape index (κ1) is 14.8. The molecule has 100 valence electrons. The molecule has 0 aliphatic rings. The van der Waals surface area contributed by atoms with Crippen LogP contribution in [0, 0.1) is 0 Å². The van der Waals surface area contributed by atoms with Crippen LogP contribution in [-0.4, -0.2) is 41.0 Å². The first-order valence-corrected chi connectivity index (χ1v) is 7.50. The number of nitrogens with zero attached hydrogens (tertiary/aromatic N) is 2. The van der Waals surface area contributed by atoms with Crippen molar-refractivity contribution >= 4 is 23.5 Å². The van der Waals surface area contributed by atoms with E-state index in [0.717, 1.165) is 25.1 Å². The van der Waals surface area contributed by atoms with Gasteiger partial charge in [-0.1, -0.05) is 0 Å². The van der Waals surface area contributed by atoms with Gasteiger partial charge in [-0.15, -0.1) is 0 Å². The summed E-state index contributed by atoms with van der Waals surface area (Å²) >= 11 is 1.82. The highest BCUT2D eigenvalue weighted by atomic mass is 32.2. The molecule has 1 amide bonds. The summed E-state index contributed by atoms with van der Waals surface area (Å²) in [5.74, 6) is 1.66. The zero-order chi connectivity index (χ0) is 13.2. The second-order valence-corrected chi connectivity index (χ2v) is 4.76. The van der Waals surface area contributed by atoms with Crippen LogP contribution < -0.4 is 10.6 Å². The van der Waals surface area contributed by atoms with Crippen LogP contribution in [0.4, 0.5) is 5.82 Å². The lowest BCUT2D eigenvalue weighted by Crippen LogP contribution is -2.25. The molecule has 1 rings (SSSR count). The second kappa shape index (κ2) is 8.74. The molecule has 0 fully saturated rings. The van der Waals surface area contributed by atoms with Crippen LogP contribution in [0.3, 0.4) is 0 Å². The lowest BCUT2D eigenvalue weighted by Gasteiger charge is -2.05. The standard InChI is InChI=1S/C12H20N4OS/c1-3-13-11-9-15-10(8-16-11)12(17)14-6-4-5-7-18-2/h8-9H,3-7H2,1-2H3,(H,13,16)(H,14,17). The molecule has 1 aromatic rings. The molecule has 0 saturated heterocycles. The van der Waals surface area contributed by atoms with Gasteiger partial charge in [0.15, 0.2) is 0 Å². The average molecular weight is 268 g/mol. The molecule has 0 aromatic carbocycles. The van der Waals surface area contributed by atoms with Gasteiger partial charge in [-0.3, -0.25) is 4.79 Å². The van der Waals surface area contributed by atoms with Gasteiger partial charge in [0.05, 0.1) is 12.4 Å². The van der Waals surface area contributed by atoms with Crippen LogP contribution in [0.5, 0.6) is 0 Å². The van der Waals surface area contributed by atoms with Crippen LogP contribution in [0.15, 0.2) is 12.4 Å². The molecule has 0 aliphatic carbocycles. The molecule has 1 aromatic heterocycles. The average Bonchev–Trinajstić information content (AvgIpc) is 2.39. The molecule has 6 heteroatoms. The third-order valence-corrected chi connectivity index (χ3v) is 3.00. The van der Waals surface area contributed by atoms with Crippen molar-refractivity contribution in [3.05, 3.63) is 18.1 Å². The number of thioether (sulfide) groups is 1. The first-order chi connectivity index (χ1) is 8.77. The molecule has 1 heterocycles. The number of carbonyl (C=O) groups is 1. The molecule has 0 atom stereocenters. The van der Waals surface area contributed by atoms with Gasteiger partial charge in [0, 0.05) is 13.1 Å². The SMILES string of the molecule is CCNc1cnc(C(=O)NCCCCSC)cn1. The number of amides is 1. The summed E-state index contributed by atoms with van der Waals surface area (Å²) < 4.78 is 0. The van der Waals surface area contributed by atoms with Crippen molar-refractivity contribution in [2.45, 2.75) is 19.8 Å². The Morgan fingerprint density at radius 3 is 2.78 bits per heavy atom. The van der Waals surface area contributed by atoms with Crippen molar-refractivity contribution in [1.82, 2.24) is 15.3 Å². The van der Waals surface area contributed by atoms with Crippen LogP contribution >= 0.6 is 11.8 Å². The van der Waals surface area contributed by atoms with E-state index in [1.807, 2.05) is 18.7 Å². The number of anilines is 1. The monoisotopic (exact) mass is 268 g/mol. The maximum atomic E-state index is 11.7. The zero-order valence-corrected chi connectivity index (χ0v) is 11.7. The topological polar surface area (TPSA) is 66.9 Å². The van der Waals surface area contributed by atoms with E-state index < -0.39 is 0 Å². The van der Waals surface area contributed by atoms with Gasteiger partial charge in [0.2, 0.25) is 0 Å². The number of aromatic nitrogens is 2. The fourth-order valence-corrected chi connectivity index (χ4v) is 1.87.